The highest BCUT2D eigenvalue weighted by atomic mass is 16.5. The summed E-state index contributed by atoms with van der Waals surface area (Å²) in [6.07, 6.45) is 2.59. The summed E-state index contributed by atoms with van der Waals surface area (Å²) in [6.45, 7) is 7.56. The van der Waals surface area contributed by atoms with E-state index in [2.05, 4.69) is 20.8 Å². The summed E-state index contributed by atoms with van der Waals surface area (Å²) in [5, 5.41) is 11.1. The number of hydrogen-bond acceptors (Lipinski definition) is 3. The van der Waals surface area contributed by atoms with Crippen molar-refractivity contribution in [3.05, 3.63) is 29.8 Å². The summed E-state index contributed by atoms with van der Waals surface area (Å²) in [6, 6.07) is 7.62. The molecule has 0 aromatic heterocycles. The average Bonchev–Trinajstić information content (AvgIpc) is 2.69. The van der Waals surface area contributed by atoms with Gasteiger partial charge in [0, 0.05) is 19.5 Å². The van der Waals surface area contributed by atoms with Crippen molar-refractivity contribution in [2.75, 3.05) is 20.2 Å². The maximum absolute atomic E-state index is 12.4. The molecule has 1 amide bonds. The Bertz CT molecular complexity index is 550. The van der Waals surface area contributed by atoms with Crippen molar-refractivity contribution in [1.82, 2.24) is 4.90 Å². The van der Waals surface area contributed by atoms with Crippen molar-refractivity contribution in [3.8, 4) is 5.75 Å². The van der Waals surface area contributed by atoms with Gasteiger partial charge in [-0.1, -0.05) is 32.9 Å². The fourth-order valence-corrected chi connectivity index (χ4v) is 3.14. The van der Waals surface area contributed by atoms with E-state index in [0.717, 1.165) is 24.3 Å². The van der Waals surface area contributed by atoms with Crippen LogP contribution in [0.15, 0.2) is 24.3 Å². The second-order valence-electron chi connectivity index (χ2n) is 7.74. The van der Waals surface area contributed by atoms with Crippen LogP contribution in [0, 0.1) is 5.41 Å². The Morgan fingerprint density at radius 2 is 2.04 bits per heavy atom. The van der Waals surface area contributed by atoms with Crippen molar-refractivity contribution in [2.24, 2.45) is 5.41 Å². The lowest BCUT2D eigenvalue weighted by Crippen LogP contribution is -2.35. The minimum atomic E-state index is -0.884. The van der Waals surface area contributed by atoms with Crippen LogP contribution in [0.3, 0.4) is 0 Å². The maximum atomic E-state index is 12.4. The minimum Gasteiger partial charge on any atom is -0.497 e. The summed E-state index contributed by atoms with van der Waals surface area (Å²) >= 11 is 0. The Morgan fingerprint density at radius 1 is 1.30 bits per heavy atom. The Morgan fingerprint density at radius 3 is 2.70 bits per heavy atom. The van der Waals surface area contributed by atoms with Crippen molar-refractivity contribution < 1.29 is 14.6 Å². The summed E-state index contributed by atoms with van der Waals surface area (Å²) in [5.74, 6) is 0.938. The molecular formula is C19H29NO3. The van der Waals surface area contributed by atoms with Gasteiger partial charge in [0.1, 0.15) is 5.75 Å². The van der Waals surface area contributed by atoms with Gasteiger partial charge in [-0.3, -0.25) is 4.79 Å². The van der Waals surface area contributed by atoms with Gasteiger partial charge in [0.15, 0.2) is 0 Å². The third-order valence-electron chi connectivity index (χ3n) is 4.46. The summed E-state index contributed by atoms with van der Waals surface area (Å²) in [7, 11) is 1.63. The molecule has 1 aromatic carbocycles. The predicted molar refractivity (Wildman–Crippen MR) is 91.4 cm³/mol. The molecular weight excluding hydrogens is 290 g/mol. The zero-order chi connectivity index (χ0) is 17.1. The van der Waals surface area contributed by atoms with Crippen LogP contribution in [-0.4, -0.2) is 36.1 Å². The van der Waals surface area contributed by atoms with E-state index in [0.29, 0.717) is 25.8 Å². The first kappa shape index (κ1) is 17.8. The van der Waals surface area contributed by atoms with Gasteiger partial charge in [-0.25, -0.2) is 0 Å². The monoisotopic (exact) mass is 319 g/mol. The van der Waals surface area contributed by atoms with Gasteiger partial charge < -0.3 is 14.7 Å². The van der Waals surface area contributed by atoms with Crippen LogP contribution in [0.2, 0.25) is 0 Å². The standard InChI is InChI=1S/C19H29NO3/c1-18(2,3)14-17(21)20-11-6-9-19(22,10-12-20)15-7-5-8-16(13-15)23-4/h5,7-8,13,22H,6,9-12,14H2,1-4H3. The van der Waals surface area contributed by atoms with Crippen molar-refractivity contribution in [1.29, 1.82) is 0 Å². The lowest BCUT2D eigenvalue weighted by atomic mass is 9.87. The molecule has 1 unspecified atom stereocenters. The van der Waals surface area contributed by atoms with Gasteiger partial charge in [-0.2, -0.15) is 0 Å². The Hall–Kier alpha value is -1.55. The summed E-state index contributed by atoms with van der Waals surface area (Å²) < 4.78 is 5.26. The quantitative estimate of drug-likeness (QED) is 0.929. The highest BCUT2D eigenvalue weighted by Crippen LogP contribution is 2.35. The molecule has 1 aliphatic rings. The van der Waals surface area contributed by atoms with Gasteiger partial charge in [-0.15, -0.1) is 0 Å². The van der Waals surface area contributed by atoms with Crippen LogP contribution in [0.5, 0.6) is 5.75 Å². The van der Waals surface area contributed by atoms with Crippen molar-refractivity contribution in [2.45, 2.75) is 52.1 Å². The van der Waals surface area contributed by atoms with E-state index >= 15 is 0 Å². The molecule has 4 nitrogen and oxygen atoms in total. The number of aliphatic hydroxyl groups is 1. The topological polar surface area (TPSA) is 49.8 Å². The zero-order valence-electron chi connectivity index (χ0n) is 14.8. The van der Waals surface area contributed by atoms with Crippen LogP contribution in [0.25, 0.3) is 0 Å². The molecule has 128 valence electrons. The second kappa shape index (κ2) is 6.91. The van der Waals surface area contributed by atoms with Gasteiger partial charge in [0.25, 0.3) is 0 Å². The number of hydrogen-bond donors (Lipinski definition) is 1. The molecule has 4 heteroatoms. The lowest BCUT2D eigenvalue weighted by Gasteiger charge is -2.28. The molecule has 1 heterocycles. The minimum absolute atomic E-state index is 0.00745. The Balaban J connectivity index is 2.09. The normalized spacial score (nSPS) is 22.6. The first-order valence-corrected chi connectivity index (χ1v) is 8.38. The highest BCUT2D eigenvalue weighted by Gasteiger charge is 2.34. The van der Waals surface area contributed by atoms with E-state index in [1.807, 2.05) is 29.2 Å². The smallest absolute Gasteiger partial charge is 0.223 e. The van der Waals surface area contributed by atoms with Crippen LogP contribution >= 0.6 is 0 Å². The number of benzene rings is 1. The van der Waals surface area contributed by atoms with Crippen LogP contribution in [0.4, 0.5) is 0 Å². The van der Waals surface area contributed by atoms with E-state index in [9.17, 15) is 9.90 Å². The number of ether oxygens (including phenoxy) is 1. The fourth-order valence-electron chi connectivity index (χ4n) is 3.14. The second-order valence-corrected chi connectivity index (χ2v) is 7.74. The molecule has 1 atom stereocenters. The molecule has 0 spiro atoms. The van der Waals surface area contributed by atoms with Crippen LogP contribution in [-0.2, 0) is 10.4 Å². The first-order valence-electron chi connectivity index (χ1n) is 8.38. The molecule has 1 aromatic rings. The molecule has 0 bridgehead atoms. The summed E-state index contributed by atoms with van der Waals surface area (Å²) in [4.78, 5) is 14.3. The van der Waals surface area contributed by atoms with Crippen LogP contribution in [0.1, 0.15) is 52.0 Å². The van der Waals surface area contributed by atoms with Crippen molar-refractivity contribution >= 4 is 5.91 Å². The molecule has 1 fully saturated rings. The van der Waals surface area contributed by atoms with E-state index in [1.54, 1.807) is 7.11 Å². The highest BCUT2D eigenvalue weighted by molar-refractivity contribution is 5.76. The largest absolute Gasteiger partial charge is 0.497 e. The predicted octanol–water partition coefficient (Wildman–Crippen LogP) is 3.33. The molecule has 0 radical (unpaired) electrons. The summed E-state index contributed by atoms with van der Waals surface area (Å²) in [5.41, 5.74) is -0.0143. The van der Waals surface area contributed by atoms with Crippen LogP contribution < -0.4 is 4.74 Å². The molecule has 2 rings (SSSR count). The number of carbonyl (C=O) groups is 1. The molecule has 0 saturated carbocycles. The number of carbonyl (C=O) groups excluding carboxylic acids is 1. The van der Waals surface area contributed by atoms with Crippen molar-refractivity contribution in [3.63, 3.8) is 0 Å². The third-order valence-corrected chi connectivity index (χ3v) is 4.46. The van der Waals surface area contributed by atoms with E-state index in [1.165, 1.54) is 0 Å². The average molecular weight is 319 g/mol. The maximum Gasteiger partial charge on any atom is 0.223 e. The number of methoxy groups -OCH3 is 1. The SMILES string of the molecule is COc1cccc(C2(O)CCCN(C(=O)CC(C)(C)C)CC2)c1. The first-order chi connectivity index (χ1) is 10.7. The van der Waals surface area contributed by atoms with Gasteiger partial charge in [0.2, 0.25) is 5.91 Å². The third kappa shape index (κ3) is 4.71. The van der Waals surface area contributed by atoms with E-state index in [4.69, 9.17) is 4.74 Å². The zero-order valence-corrected chi connectivity index (χ0v) is 14.8. The van der Waals surface area contributed by atoms with E-state index < -0.39 is 5.60 Å². The number of rotatable bonds is 3. The molecule has 0 aliphatic carbocycles. The Labute approximate surface area is 139 Å². The lowest BCUT2D eigenvalue weighted by molar-refractivity contribution is -0.133. The van der Waals surface area contributed by atoms with E-state index in [-0.39, 0.29) is 11.3 Å². The van der Waals surface area contributed by atoms with Gasteiger partial charge >= 0.3 is 0 Å². The molecule has 1 aliphatic heterocycles. The number of nitrogens with zero attached hydrogens (tertiary/aromatic N) is 1. The number of amides is 1. The van der Waals surface area contributed by atoms with Gasteiger partial charge in [0.05, 0.1) is 12.7 Å². The molecule has 23 heavy (non-hydrogen) atoms. The Kier molecular flexibility index (Phi) is 5.35. The van der Waals surface area contributed by atoms with Gasteiger partial charge in [-0.05, 0) is 42.4 Å². The molecule has 1 N–H and O–H groups in total. The fraction of sp³-hybridized carbons (Fsp3) is 0.632. The molecule has 1 saturated heterocycles. The number of likely N-dealkylation sites (tertiary alicyclic amines) is 1.